The predicted octanol–water partition coefficient (Wildman–Crippen LogP) is 4.08. The Labute approximate surface area is 180 Å². The van der Waals surface area contributed by atoms with E-state index in [2.05, 4.69) is 12.2 Å². The lowest BCUT2D eigenvalue weighted by Crippen LogP contribution is -2.40. The van der Waals surface area contributed by atoms with Crippen LogP contribution >= 0.6 is 0 Å². The molecule has 7 rings (SSSR count). The quantitative estimate of drug-likeness (QED) is 0.329. The molecule has 5 nitrogen and oxygen atoms in total. The van der Waals surface area contributed by atoms with Crippen molar-refractivity contribution < 1.29 is 19.1 Å². The highest BCUT2D eigenvalue weighted by Gasteiger charge is 2.67. The summed E-state index contributed by atoms with van der Waals surface area (Å²) in [5.74, 6) is 1.00. The molecular weight excluding hydrogens is 390 g/mol. The van der Waals surface area contributed by atoms with Crippen molar-refractivity contribution in [1.29, 1.82) is 0 Å². The van der Waals surface area contributed by atoms with Crippen molar-refractivity contribution in [3.05, 3.63) is 71.3 Å². The van der Waals surface area contributed by atoms with Gasteiger partial charge in [0.05, 0.1) is 23.1 Å². The number of carbonyl (C=O) groups is 3. The van der Waals surface area contributed by atoms with Gasteiger partial charge in [-0.25, -0.2) is 4.79 Å². The average Bonchev–Trinajstić information content (AvgIpc) is 3.55. The number of nitrogens with zero attached hydrogens (tertiary/aromatic N) is 1. The number of allylic oxidation sites excluding steroid dienone is 2. The van der Waals surface area contributed by atoms with Crippen LogP contribution in [-0.4, -0.2) is 17.8 Å². The van der Waals surface area contributed by atoms with Crippen LogP contribution in [0.15, 0.2) is 54.6 Å². The molecule has 0 N–H and O–H groups in total. The fourth-order valence-electron chi connectivity index (χ4n) is 5.95. The first kappa shape index (κ1) is 18.6. The van der Waals surface area contributed by atoms with Crippen LogP contribution in [0, 0.1) is 49.4 Å². The first-order chi connectivity index (χ1) is 15.0. The average molecular weight is 413 g/mol. The number of benzene rings is 2. The van der Waals surface area contributed by atoms with E-state index in [1.54, 1.807) is 30.3 Å². The summed E-state index contributed by atoms with van der Waals surface area (Å²) in [6, 6.07) is 12.2. The van der Waals surface area contributed by atoms with Crippen LogP contribution in [0.1, 0.15) is 27.9 Å². The zero-order valence-electron chi connectivity index (χ0n) is 17.4. The summed E-state index contributed by atoms with van der Waals surface area (Å²) in [4.78, 5) is 40.4. The van der Waals surface area contributed by atoms with Crippen LogP contribution < -0.4 is 9.64 Å². The molecule has 1 heterocycles. The van der Waals surface area contributed by atoms with Crippen LogP contribution in [0.3, 0.4) is 0 Å². The van der Waals surface area contributed by atoms with Gasteiger partial charge in [-0.2, -0.15) is 0 Å². The Morgan fingerprint density at radius 1 is 0.903 bits per heavy atom. The summed E-state index contributed by atoms with van der Waals surface area (Å²) in [7, 11) is 0. The maximum Gasteiger partial charge on any atom is 0.343 e. The SMILES string of the molecule is Cc1cccc(OC(=O)c2ccc(N3C(=O)[C@@H]4[C@@H]5C=C[C@H]([C@H]6C[C@H]56)[C@@H]4C3=O)cc2)c1C. The lowest BCUT2D eigenvalue weighted by Gasteiger charge is -2.37. The number of carbonyl (C=O) groups excluding carboxylic acids is 3. The van der Waals surface area contributed by atoms with E-state index >= 15 is 0 Å². The second kappa shape index (κ2) is 6.39. The summed E-state index contributed by atoms with van der Waals surface area (Å²) in [5, 5.41) is 0. The summed E-state index contributed by atoms with van der Waals surface area (Å²) in [6.45, 7) is 3.88. The van der Waals surface area contributed by atoms with Gasteiger partial charge in [-0.1, -0.05) is 24.3 Å². The predicted molar refractivity (Wildman–Crippen MR) is 115 cm³/mol. The van der Waals surface area contributed by atoms with E-state index in [9.17, 15) is 14.4 Å². The van der Waals surface area contributed by atoms with Gasteiger partial charge >= 0.3 is 5.97 Å². The Balaban J connectivity index is 1.24. The molecule has 2 saturated carbocycles. The van der Waals surface area contributed by atoms with Gasteiger partial charge in [0.25, 0.3) is 0 Å². The first-order valence-corrected chi connectivity index (χ1v) is 10.9. The molecule has 0 spiro atoms. The fraction of sp³-hybridized carbons (Fsp3) is 0.346. The topological polar surface area (TPSA) is 63.7 Å². The minimum absolute atomic E-state index is 0.0922. The maximum atomic E-state index is 13.2. The number of amides is 2. The highest BCUT2D eigenvalue weighted by atomic mass is 16.5. The van der Waals surface area contributed by atoms with Crippen molar-refractivity contribution in [3.63, 3.8) is 0 Å². The molecule has 6 atom stereocenters. The number of anilines is 1. The highest BCUT2D eigenvalue weighted by Crippen LogP contribution is 2.65. The molecule has 2 aromatic carbocycles. The molecule has 1 saturated heterocycles. The minimum atomic E-state index is -0.463. The molecule has 5 heteroatoms. The first-order valence-electron chi connectivity index (χ1n) is 10.9. The van der Waals surface area contributed by atoms with Gasteiger partial charge in [0.1, 0.15) is 5.75 Å². The largest absolute Gasteiger partial charge is 0.423 e. The van der Waals surface area contributed by atoms with Gasteiger partial charge < -0.3 is 4.74 Å². The van der Waals surface area contributed by atoms with Crippen molar-refractivity contribution in [2.45, 2.75) is 20.3 Å². The molecule has 0 unspecified atom stereocenters. The third kappa shape index (κ3) is 2.59. The normalized spacial score (nSPS) is 32.1. The monoisotopic (exact) mass is 413 g/mol. The number of hydrogen-bond acceptors (Lipinski definition) is 4. The lowest BCUT2D eigenvalue weighted by atomic mass is 9.63. The van der Waals surface area contributed by atoms with Crippen molar-refractivity contribution in [3.8, 4) is 5.75 Å². The number of imide groups is 1. The van der Waals surface area contributed by atoms with E-state index < -0.39 is 5.97 Å². The van der Waals surface area contributed by atoms with Crippen LogP contribution in [0.4, 0.5) is 5.69 Å². The Hall–Kier alpha value is -3.21. The van der Waals surface area contributed by atoms with Gasteiger partial charge in [-0.3, -0.25) is 14.5 Å². The van der Waals surface area contributed by atoms with E-state index in [-0.39, 0.29) is 35.5 Å². The maximum absolute atomic E-state index is 13.2. The molecule has 5 aliphatic rings. The van der Waals surface area contributed by atoms with Crippen LogP contribution in [0.2, 0.25) is 0 Å². The Morgan fingerprint density at radius 3 is 2.13 bits per heavy atom. The molecule has 0 aromatic heterocycles. The zero-order valence-corrected chi connectivity index (χ0v) is 17.4. The van der Waals surface area contributed by atoms with Gasteiger partial charge in [0, 0.05) is 0 Å². The molecule has 31 heavy (non-hydrogen) atoms. The smallest absolute Gasteiger partial charge is 0.343 e. The minimum Gasteiger partial charge on any atom is -0.423 e. The van der Waals surface area contributed by atoms with Crippen LogP contribution in [0.25, 0.3) is 0 Å². The number of rotatable bonds is 3. The molecule has 1 aliphatic heterocycles. The Bertz CT molecular complexity index is 1130. The third-order valence-corrected chi connectivity index (χ3v) is 7.78. The standard InChI is InChI=1S/C26H23NO4/c1-13-4-3-5-21(14(13)2)31-26(30)15-6-8-16(9-7-15)27-24(28)22-17-10-11-18(20-12-19(17)20)23(22)25(27)29/h3-11,17-20,22-23H,12H2,1-2H3/t17-,18-,19-,20-,22-,23+/m1/s1. The van der Waals surface area contributed by atoms with Crippen LogP contribution in [-0.2, 0) is 9.59 Å². The van der Waals surface area contributed by atoms with Crippen LogP contribution in [0.5, 0.6) is 5.75 Å². The number of hydrogen-bond donors (Lipinski definition) is 0. The summed E-state index contributed by atoms with van der Waals surface area (Å²) >= 11 is 0. The number of ether oxygens (including phenoxy) is 1. The van der Waals surface area contributed by atoms with E-state index in [1.807, 2.05) is 26.0 Å². The fourth-order valence-corrected chi connectivity index (χ4v) is 5.95. The van der Waals surface area contributed by atoms with E-state index in [0.717, 1.165) is 17.5 Å². The van der Waals surface area contributed by atoms with Crippen molar-refractivity contribution in [1.82, 2.24) is 0 Å². The van der Waals surface area contributed by atoms with E-state index in [1.165, 1.54) is 4.90 Å². The highest BCUT2D eigenvalue weighted by molar-refractivity contribution is 6.22. The molecule has 2 bridgehead atoms. The van der Waals surface area contributed by atoms with Gasteiger partial charge in [-0.15, -0.1) is 0 Å². The van der Waals surface area contributed by atoms with Crippen molar-refractivity contribution in [2.24, 2.45) is 35.5 Å². The summed E-state index contributed by atoms with van der Waals surface area (Å²) in [5.41, 5.74) is 2.88. The van der Waals surface area contributed by atoms with E-state index in [0.29, 0.717) is 28.8 Å². The molecule has 4 aliphatic carbocycles. The molecule has 3 fully saturated rings. The van der Waals surface area contributed by atoms with E-state index in [4.69, 9.17) is 4.74 Å². The molecule has 2 aromatic rings. The molecular formula is C26H23NO4. The second-order valence-corrected chi connectivity index (χ2v) is 9.30. The van der Waals surface area contributed by atoms with Crippen molar-refractivity contribution in [2.75, 3.05) is 4.90 Å². The number of esters is 1. The van der Waals surface area contributed by atoms with Gasteiger partial charge in [0.2, 0.25) is 11.8 Å². The Kier molecular flexibility index (Phi) is 3.83. The second-order valence-electron chi connectivity index (χ2n) is 9.30. The zero-order chi connectivity index (χ0) is 21.4. The molecule has 156 valence electrons. The van der Waals surface area contributed by atoms with Crippen molar-refractivity contribution >= 4 is 23.5 Å². The summed E-state index contributed by atoms with van der Waals surface area (Å²) in [6.07, 6.45) is 5.48. The Morgan fingerprint density at radius 2 is 1.52 bits per heavy atom. The molecule has 2 amide bonds. The molecule has 0 radical (unpaired) electrons. The summed E-state index contributed by atoms with van der Waals surface area (Å²) < 4.78 is 5.56. The van der Waals surface area contributed by atoms with Gasteiger partial charge in [0.15, 0.2) is 0 Å². The lowest BCUT2D eigenvalue weighted by molar-refractivity contribution is -0.124. The number of aryl methyl sites for hydroxylation is 1. The third-order valence-electron chi connectivity index (χ3n) is 7.78. The van der Waals surface area contributed by atoms with Gasteiger partial charge in [-0.05, 0) is 85.4 Å².